The summed E-state index contributed by atoms with van der Waals surface area (Å²) in [6, 6.07) is 3.53. The van der Waals surface area contributed by atoms with Gasteiger partial charge in [0, 0.05) is 31.2 Å². The molecular formula is C9H6BrNOS. The van der Waals surface area contributed by atoms with E-state index in [1.807, 2.05) is 11.4 Å². The summed E-state index contributed by atoms with van der Waals surface area (Å²) < 4.78 is 2.02. The van der Waals surface area contributed by atoms with Crippen LogP contribution >= 0.6 is 27.3 Å². The average Bonchev–Trinajstić information content (AvgIpc) is 2.48. The molecule has 1 aromatic carbocycles. The molecule has 0 bridgehead atoms. The summed E-state index contributed by atoms with van der Waals surface area (Å²) in [5.74, 6) is 0. The Labute approximate surface area is 87.5 Å². The highest BCUT2D eigenvalue weighted by Gasteiger charge is 2.06. The molecule has 0 spiro atoms. The first-order valence-electron chi connectivity index (χ1n) is 3.64. The largest absolute Gasteiger partial charge is 0.398 e. The summed E-state index contributed by atoms with van der Waals surface area (Å²) in [7, 11) is 0. The zero-order valence-corrected chi connectivity index (χ0v) is 8.98. The normalized spacial score (nSPS) is 10.5. The van der Waals surface area contributed by atoms with E-state index in [9.17, 15) is 4.79 Å². The SMILES string of the molecule is Nc1cc(C=O)cc2scc(Br)c12. The first kappa shape index (κ1) is 8.72. The molecular weight excluding hydrogens is 250 g/mol. The van der Waals surface area contributed by atoms with Gasteiger partial charge in [-0.2, -0.15) is 0 Å². The van der Waals surface area contributed by atoms with Crippen LogP contribution in [0, 0.1) is 0 Å². The lowest BCUT2D eigenvalue weighted by molar-refractivity contribution is 0.112. The van der Waals surface area contributed by atoms with Gasteiger partial charge in [0.15, 0.2) is 0 Å². The van der Waals surface area contributed by atoms with E-state index in [1.54, 1.807) is 17.4 Å². The predicted molar refractivity (Wildman–Crippen MR) is 59.3 cm³/mol. The Morgan fingerprint density at radius 2 is 2.23 bits per heavy atom. The number of carbonyl (C=O) groups excluding carboxylic acids is 1. The highest BCUT2D eigenvalue weighted by Crippen LogP contribution is 2.34. The minimum Gasteiger partial charge on any atom is -0.398 e. The number of benzene rings is 1. The zero-order chi connectivity index (χ0) is 9.42. The molecule has 2 rings (SSSR count). The van der Waals surface area contributed by atoms with E-state index >= 15 is 0 Å². The standard InChI is InChI=1S/C9H6BrNOS/c10-6-4-13-8-2-5(3-12)1-7(11)9(6)8/h1-4H,11H2. The molecule has 1 heterocycles. The number of aldehydes is 1. The van der Waals surface area contributed by atoms with Crippen LogP contribution in [-0.2, 0) is 0 Å². The molecule has 2 nitrogen and oxygen atoms in total. The highest BCUT2D eigenvalue weighted by molar-refractivity contribution is 9.10. The molecule has 0 unspecified atom stereocenters. The van der Waals surface area contributed by atoms with Gasteiger partial charge in [0.1, 0.15) is 6.29 Å². The van der Waals surface area contributed by atoms with E-state index in [0.717, 1.165) is 20.8 Å². The third kappa shape index (κ3) is 1.36. The average molecular weight is 256 g/mol. The van der Waals surface area contributed by atoms with Crippen molar-refractivity contribution in [2.24, 2.45) is 0 Å². The third-order valence-electron chi connectivity index (χ3n) is 1.82. The summed E-state index contributed by atoms with van der Waals surface area (Å²) in [5.41, 5.74) is 7.07. The molecule has 2 aromatic rings. The fourth-order valence-corrected chi connectivity index (χ4v) is 3.00. The Bertz CT molecular complexity index is 478. The number of halogens is 1. The van der Waals surface area contributed by atoms with E-state index in [-0.39, 0.29) is 0 Å². The molecule has 0 saturated heterocycles. The van der Waals surface area contributed by atoms with E-state index in [2.05, 4.69) is 15.9 Å². The van der Waals surface area contributed by atoms with Crippen LogP contribution in [0.1, 0.15) is 10.4 Å². The molecule has 0 saturated carbocycles. The second kappa shape index (κ2) is 3.12. The second-order valence-electron chi connectivity index (χ2n) is 2.68. The Kier molecular flexibility index (Phi) is 2.09. The predicted octanol–water partition coefficient (Wildman–Crippen LogP) is 3.06. The summed E-state index contributed by atoms with van der Waals surface area (Å²) >= 11 is 4.98. The topological polar surface area (TPSA) is 43.1 Å². The van der Waals surface area contributed by atoms with Gasteiger partial charge in [-0.05, 0) is 28.1 Å². The molecule has 2 N–H and O–H groups in total. The van der Waals surface area contributed by atoms with Gasteiger partial charge >= 0.3 is 0 Å². The van der Waals surface area contributed by atoms with Gasteiger partial charge in [-0.1, -0.05) is 0 Å². The third-order valence-corrected chi connectivity index (χ3v) is 3.68. The smallest absolute Gasteiger partial charge is 0.150 e. The van der Waals surface area contributed by atoms with E-state index < -0.39 is 0 Å². The number of anilines is 1. The van der Waals surface area contributed by atoms with Crippen LogP contribution in [0.15, 0.2) is 22.0 Å². The van der Waals surface area contributed by atoms with E-state index in [0.29, 0.717) is 11.3 Å². The van der Waals surface area contributed by atoms with Crippen LogP contribution < -0.4 is 5.73 Å². The minimum absolute atomic E-state index is 0.624. The van der Waals surface area contributed by atoms with Crippen molar-refractivity contribution in [3.63, 3.8) is 0 Å². The van der Waals surface area contributed by atoms with Crippen molar-refractivity contribution < 1.29 is 4.79 Å². The number of thiophene rings is 1. The number of hydrogen-bond donors (Lipinski definition) is 1. The van der Waals surface area contributed by atoms with Crippen LogP contribution in [0.2, 0.25) is 0 Å². The van der Waals surface area contributed by atoms with Crippen LogP contribution in [0.25, 0.3) is 10.1 Å². The van der Waals surface area contributed by atoms with Crippen molar-refractivity contribution in [2.45, 2.75) is 0 Å². The fraction of sp³-hybridized carbons (Fsp3) is 0. The maximum atomic E-state index is 10.5. The van der Waals surface area contributed by atoms with Crippen molar-refractivity contribution in [3.8, 4) is 0 Å². The Hall–Kier alpha value is -0.870. The van der Waals surface area contributed by atoms with E-state index in [1.165, 1.54) is 0 Å². The molecule has 0 amide bonds. The van der Waals surface area contributed by atoms with Crippen LogP contribution in [0.4, 0.5) is 5.69 Å². The minimum atomic E-state index is 0.624. The molecule has 0 aliphatic carbocycles. The monoisotopic (exact) mass is 255 g/mol. The van der Waals surface area contributed by atoms with Crippen molar-refractivity contribution in [1.29, 1.82) is 0 Å². The number of hydrogen-bond acceptors (Lipinski definition) is 3. The van der Waals surface area contributed by atoms with Crippen molar-refractivity contribution in [1.82, 2.24) is 0 Å². The number of fused-ring (bicyclic) bond motifs is 1. The first-order valence-corrected chi connectivity index (χ1v) is 5.31. The van der Waals surface area contributed by atoms with Crippen LogP contribution in [-0.4, -0.2) is 6.29 Å². The van der Waals surface area contributed by atoms with Crippen LogP contribution in [0.5, 0.6) is 0 Å². The highest BCUT2D eigenvalue weighted by atomic mass is 79.9. The number of rotatable bonds is 1. The molecule has 4 heteroatoms. The molecule has 66 valence electrons. The van der Waals surface area contributed by atoms with Crippen molar-refractivity contribution in [2.75, 3.05) is 5.73 Å². The number of nitrogens with two attached hydrogens (primary N) is 1. The lowest BCUT2D eigenvalue weighted by atomic mass is 10.1. The zero-order valence-electron chi connectivity index (χ0n) is 6.58. The Balaban J connectivity index is 2.86. The lowest BCUT2D eigenvalue weighted by Gasteiger charge is -1.98. The van der Waals surface area contributed by atoms with E-state index in [4.69, 9.17) is 5.73 Å². The lowest BCUT2D eigenvalue weighted by Crippen LogP contribution is -1.88. The summed E-state index contributed by atoms with van der Waals surface area (Å²) in [5, 5.41) is 2.96. The molecule has 1 aromatic heterocycles. The molecule has 0 atom stereocenters. The van der Waals surface area contributed by atoms with Crippen LogP contribution in [0.3, 0.4) is 0 Å². The summed E-state index contributed by atoms with van der Waals surface area (Å²) in [4.78, 5) is 10.5. The molecule has 0 aliphatic heterocycles. The first-order chi connectivity index (χ1) is 6.22. The summed E-state index contributed by atoms with van der Waals surface area (Å²) in [6.07, 6.45) is 0.809. The van der Waals surface area contributed by atoms with Gasteiger partial charge in [0.05, 0.1) is 0 Å². The van der Waals surface area contributed by atoms with Gasteiger partial charge in [-0.3, -0.25) is 4.79 Å². The van der Waals surface area contributed by atoms with Gasteiger partial charge in [0.25, 0.3) is 0 Å². The fourth-order valence-electron chi connectivity index (χ4n) is 1.25. The Morgan fingerprint density at radius 3 is 2.92 bits per heavy atom. The molecule has 0 radical (unpaired) electrons. The molecule has 0 fully saturated rings. The van der Waals surface area contributed by atoms with Crippen molar-refractivity contribution in [3.05, 3.63) is 27.5 Å². The van der Waals surface area contributed by atoms with Crippen molar-refractivity contribution >= 4 is 49.3 Å². The molecule has 0 aliphatic rings. The van der Waals surface area contributed by atoms with Gasteiger partial charge in [0.2, 0.25) is 0 Å². The maximum Gasteiger partial charge on any atom is 0.150 e. The number of carbonyl (C=O) groups is 1. The van der Waals surface area contributed by atoms with Gasteiger partial charge < -0.3 is 5.73 Å². The Morgan fingerprint density at radius 1 is 1.46 bits per heavy atom. The van der Waals surface area contributed by atoms with Gasteiger partial charge in [-0.25, -0.2) is 0 Å². The second-order valence-corrected chi connectivity index (χ2v) is 4.45. The van der Waals surface area contributed by atoms with Gasteiger partial charge in [-0.15, -0.1) is 11.3 Å². The molecule has 13 heavy (non-hydrogen) atoms. The summed E-state index contributed by atoms with van der Waals surface area (Å²) in [6.45, 7) is 0. The number of nitrogen functional groups attached to an aromatic ring is 1. The quantitative estimate of drug-likeness (QED) is 0.629. The maximum absolute atomic E-state index is 10.5.